The van der Waals surface area contributed by atoms with E-state index in [9.17, 15) is 60.4 Å². The molecule has 0 radical (unpaired) electrons. The fourth-order valence-corrected chi connectivity index (χ4v) is 16.4. The first-order valence-electron chi connectivity index (χ1n) is 35.8. The summed E-state index contributed by atoms with van der Waals surface area (Å²) in [6.45, 7) is 9.12. The Morgan fingerprint density at radius 3 is 1.21 bits per heavy atom. The summed E-state index contributed by atoms with van der Waals surface area (Å²) < 4.78 is 88.6. The van der Waals surface area contributed by atoms with Crippen LogP contribution in [-0.2, 0) is 46.4 Å². The molecule has 2 aromatic carbocycles. The molecule has 6 aliphatic rings. The molecule has 7 aromatic heterocycles. The second-order valence-corrected chi connectivity index (χ2v) is 29.2. The number of halogens is 6. The standard InChI is InChI=1S/C26H26F3N7O2.C26H26N8O2.C25H25F3N8O2/c1-2-5-20(37)34-9-8-25(15-34)10-18(11-25)36-23(30)21(24(31)38)22(33-36)17-12-32-35(14-17)13-16-6-3-4-7-19(16)26(27,28)29;1-2-5-21(35)32-9-8-26(16-32)10-20(11-26)34-24(28)22(25(29)36)23(31-34)19-13-30-33(15-19)14-18-7-4-3-6-17(18)12-27;1-2-3-19(37)34-7-5-24(14-34)9-17(10-24)36-22(29)20(23(30)38)21(33-36)16-11-32-35(13-16)12-15-4-6-31-18(8-15)25(26,27)28/h3-4,6-7,12,14,18H,8-11,13,15,30H2,1H3,(H2,31,38);3-4,6-7,13,15,20H,8-11,14,16,28H2,1H3,(H2,29,36);4,6,8,11,13,17H,5,7,9-10,12,14,29H2,1H3,(H2,30,38). The van der Waals surface area contributed by atoms with Gasteiger partial charge in [0.1, 0.15) is 56.9 Å². The van der Waals surface area contributed by atoms with E-state index in [2.05, 4.69) is 72.1 Å². The van der Waals surface area contributed by atoms with Crippen molar-refractivity contribution < 1.29 is 55.1 Å². The molecule has 578 valence electrons. The predicted molar refractivity (Wildman–Crippen MR) is 394 cm³/mol. The number of alkyl halides is 6. The summed E-state index contributed by atoms with van der Waals surface area (Å²) in [5.41, 5.74) is 38.7. The first-order chi connectivity index (χ1) is 53.3. The monoisotopic (exact) mass is 1530 g/mol. The van der Waals surface area contributed by atoms with Gasteiger partial charge in [0.15, 0.2) is 0 Å². The van der Waals surface area contributed by atoms with E-state index in [-0.39, 0.29) is 116 Å². The molecule has 3 saturated heterocycles. The lowest BCUT2D eigenvalue weighted by Gasteiger charge is -2.45. The van der Waals surface area contributed by atoms with Gasteiger partial charge >= 0.3 is 12.4 Å². The number of amides is 6. The molecule has 15 rings (SSSR count). The van der Waals surface area contributed by atoms with Crippen LogP contribution in [0.1, 0.15) is 161 Å². The van der Waals surface area contributed by atoms with E-state index in [0.29, 0.717) is 79.3 Å². The molecular formula is C77H77F6N23O6. The first kappa shape index (κ1) is 77.0. The van der Waals surface area contributed by atoms with Crippen LogP contribution in [0.25, 0.3) is 33.8 Å². The van der Waals surface area contributed by atoms with Gasteiger partial charge in [-0.2, -0.15) is 62.2 Å². The number of likely N-dealkylation sites (tertiary alicyclic amines) is 3. The summed E-state index contributed by atoms with van der Waals surface area (Å²) in [6, 6.07) is 17.1. The molecule has 0 unspecified atom stereocenters. The third-order valence-corrected chi connectivity index (χ3v) is 21.8. The van der Waals surface area contributed by atoms with Crippen LogP contribution in [-0.4, -0.2) is 153 Å². The number of rotatable bonds is 15. The molecule has 3 aliphatic heterocycles. The van der Waals surface area contributed by atoms with Crippen LogP contribution in [0.2, 0.25) is 0 Å². The second-order valence-electron chi connectivity index (χ2n) is 29.2. The molecule has 6 fully saturated rings. The van der Waals surface area contributed by atoms with Crippen LogP contribution in [0.15, 0.2) is 104 Å². The second kappa shape index (κ2) is 30.3. The molecule has 3 aliphatic carbocycles. The van der Waals surface area contributed by atoms with Crippen molar-refractivity contribution in [1.29, 1.82) is 5.26 Å². The summed E-state index contributed by atoms with van der Waals surface area (Å²) in [5, 5.41) is 36.0. The fourth-order valence-electron chi connectivity index (χ4n) is 16.4. The van der Waals surface area contributed by atoms with Gasteiger partial charge in [0.2, 0.25) is 0 Å². The van der Waals surface area contributed by atoms with Gasteiger partial charge in [-0.3, -0.25) is 47.8 Å². The number of hydrogen-bond acceptors (Lipinski definition) is 17. The quantitative estimate of drug-likeness (QED) is 0.0428. The highest BCUT2D eigenvalue weighted by Gasteiger charge is 2.54. The number of anilines is 3. The Kier molecular flexibility index (Phi) is 20.9. The highest BCUT2D eigenvalue weighted by molar-refractivity contribution is 6.05. The number of nitriles is 1. The van der Waals surface area contributed by atoms with Crippen molar-refractivity contribution in [2.75, 3.05) is 56.5 Å². The van der Waals surface area contributed by atoms with Gasteiger partial charge in [0.05, 0.1) is 73.5 Å². The summed E-state index contributed by atoms with van der Waals surface area (Å²) in [5.74, 6) is 13.6. The largest absolute Gasteiger partial charge is 0.433 e. The maximum absolute atomic E-state index is 13.4. The highest BCUT2D eigenvalue weighted by atomic mass is 19.4. The molecule has 0 atom stereocenters. The van der Waals surface area contributed by atoms with Crippen molar-refractivity contribution in [2.24, 2.45) is 33.4 Å². The Bertz CT molecular complexity index is 5460. The number of nitrogens with two attached hydrogens (primary N) is 6. The van der Waals surface area contributed by atoms with E-state index >= 15 is 0 Å². The SMILES string of the molecule is CC#CC(=O)N1CCC2(CC(n3nc(-c4cnn(Cc5ccccc5C#N)c4)c(C(N)=O)c3N)C2)C1.CC#CC(=O)N1CCC2(CC(n3nc(-c4cnn(Cc5ccccc5C(F)(F)F)c4)c(C(N)=O)c3N)C2)C1.CC#CC(=O)N1CCC2(CC(n3nc(-c4cnn(Cc5ccnc(C(F)(F)F)c5)c4)c(C(N)=O)c3N)C2)C1. The van der Waals surface area contributed by atoms with Crippen LogP contribution in [0, 0.1) is 63.1 Å². The number of carbonyl (C=O) groups excluding carboxylic acids is 6. The number of nitrogen functional groups attached to an aromatic ring is 3. The Morgan fingerprint density at radius 2 is 0.857 bits per heavy atom. The van der Waals surface area contributed by atoms with Gasteiger partial charge in [-0.15, -0.1) is 0 Å². The van der Waals surface area contributed by atoms with E-state index in [1.165, 1.54) is 52.2 Å². The van der Waals surface area contributed by atoms with Gasteiger partial charge in [0.25, 0.3) is 35.4 Å². The molecule has 29 nitrogen and oxygen atoms in total. The number of hydrogen-bond donors (Lipinski definition) is 6. The number of aromatic nitrogens is 13. The Labute approximate surface area is 637 Å². The molecule has 35 heteroatoms. The number of carbonyl (C=O) groups is 6. The van der Waals surface area contributed by atoms with E-state index in [0.717, 1.165) is 81.7 Å². The third kappa shape index (κ3) is 15.5. The zero-order valence-electron chi connectivity index (χ0n) is 61.1. The molecular weight excluding hydrogens is 1460 g/mol. The van der Waals surface area contributed by atoms with Crippen LogP contribution in [0.3, 0.4) is 0 Å². The normalized spacial score (nSPS) is 20.6. The lowest BCUT2D eigenvalue weighted by molar-refractivity contribution is -0.141. The first-order valence-corrected chi connectivity index (χ1v) is 35.8. The summed E-state index contributed by atoms with van der Waals surface area (Å²) in [7, 11) is 0. The van der Waals surface area contributed by atoms with E-state index in [1.54, 1.807) is 78.9 Å². The van der Waals surface area contributed by atoms with Crippen molar-refractivity contribution in [1.82, 2.24) is 78.4 Å². The average Bonchev–Trinajstić information content (AvgIpc) is 1.59. The number of benzene rings is 2. The number of pyridine rings is 1. The smallest absolute Gasteiger partial charge is 0.383 e. The van der Waals surface area contributed by atoms with Crippen molar-refractivity contribution in [3.63, 3.8) is 0 Å². The van der Waals surface area contributed by atoms with Gasteiger partial charge < -0.3 is 49.1 Å². The molecule has 0 bridgehead atoms. The maximum Gasteiger partial charge on any atom is 0.433 e. The summed E-state index contributed by atoms with van der Waals surface area (Å²) >= 11 is 0. The minimum atomic E-state index is -4.55. The number of nitrogens with zero attached hydrogens (tertiary/aromatic N) is 17. The zero-order valence-corrected chi connectivity index (χ0v) is 61.1. The van der Waals surface area contributed by atoms with Crippen molar-refractivity contribution >= 4 is 52.9 Å². The summed E-state index contributed by atoms with van der Waals surface area (Å²) in [6.07, 6.45) is 8.58. The zero-order chi connectivity index (χ0) is 79.9. The van der Waals surface area contributed by atoms with Gasteiger partial charge in [-0.25, -0.2) is 14.0 Å². The third-order valence-electron chi connectivity index (χ3n) is 21.8. The number of primary amides is 3. The Balaban J connectivity index is 0.000000147. The van der Waals surface area contributed by atoms with Crippen LogP contribution in [0.5, 0.6) is 0 Å². The average molecular weight is 1530 g/mol. The highest BCUT2D eigenvalue weighted by Crippen LogP contribution is 2.57. The maximum atomic E-state index is 13.4. The van der Waals surface area contributed by atoms with Crippen molar-refractivity contribution in [3.05, 3.63) is 154 Å². The van der Waals surface area contributed by atoms with Crippen LogP contribution < -0.4 is 34.4 Å². The van der Waals surface area contributed by atoms with Gasteiger partial charge in [-0.1, -0.05) is 54.2 Å². The molecule has 12 N–H and O–H groups in total. The van der Waals surface area contributed by atoms with Gasteiger partial charge in [-0.05, 0) is 154 Å². The molecule has 112 heavy (non-hydrogen) atoms. The minimum absolute atomic E-state index is 0.0155. The van der Waals surface area contributed by atoms with Crippen molar-refractivity contribution in [2.45, 2.75) is 129 Å². The topological polar surface area (TPSA) is 412 Å². The predicted octanol–water partition coefficient (Wildman–Crippen LogP) is 7.46. The molecule has 6 amide bonds. The van der Waals surface area contributed by atoms with Crippen molar-refractivity contribution in [3.8, 4) is 75.4 Å². The molecule has 3 spiro atoms. The fraction of sp³-hybridized carbons (Fsp3) is 0.377. The minimum Gasteiger partial charge on any atom is -0.383 e. The molecule has 10 heterocycles. The lowest BCUT2D eigenvalue weighted by atomic mass is 9.65. The lowest BCUT2D eigenvalue weighted by Crippen LogP contribution is -2.42. The van der Waals surface area contributed by atoms with E-state index in [4.69, 9.17) is 39.5 Å². The summed E-state index contributed by atoms with van der Waals surface area (Å²) in [4.78, 5) is 82.1. The van der Waals surface area contributed by atoms with Crippen LogP contribution >= 0.6 is 0 Å². The Hall–Kier alpha value is -13.2. The molecule has 9 aromatic rings. The van der Waals surface area contributed by atoms with Crippen LogP contribution in [0.4, 0.5) is 43.8 Å². The van der Waals surface area contributed by atoms with E-state index < -0.39 is 41.3 Å². The van der Waals surface area contributed by atoms with E-state index in [1.807, 2.05) is 18.2 Å². The van der Waals surface area contributed by atoms with Gasteiger partial charge in [0, 0.05) is 80.7 Å². The Morgan fingerprint density at radius 1 is 0.500 bits per heavy atom. The molecule has 3 saturated carbocycles.